The number of anilines is 1. The molecule has 0 aromatic heterocycles. The van der Waals surface area contributed by atoms with Crippen LogP contribution in [0.3, 0.4) is 0 Å². The number of carbonyl (C=O) groups excluding carboxylic acids is 3. The largest absolute Gasteiger partial charge is 0.325 e. The fourth-order valence-electron chi connectivity index (χ4n) is 3.39. The molecule has 2 aliphatic rings. The number of para-hydroxylation sites is 1. The normalized spacial score (nSPS) is 24.2. The Morgan fingerprint density at radius 1 is 1.36 bits per heavy atom. The molecule has 4 amide bonds. The molecule has 2 fully saturated rings. The number of rotatable bonds is 6. The van der Waals surface area contributed by atoms with Gasteiger partial charge in [0.15, 0.2) is 0 Å². The molecule has 134 valence electrons. The minimum atomic E-state index is -0.855. The molecule has 3 rings (SSSR count). The second kappa shape index (κ2) is 6.50. The average Bonchev–Trinajstić information content (AvgIpc) is 3.41. The first-order chi connectivity index (χ1) is 11.9. The summed E-state index contributed by atoms with van der Waals surface area (Å²) in [6.45, 7) is 5.68. The van der Waals surface area contributed by atoms with Crippen molar-refractivity contribution in [2.45, 2.75) is 51.5 Å². The van der Waals surface area contributed by atoms with Crippen LogP contribution in [0, 0.1) is 5.92 Å². The molecule has 2 atom stereocenters. The van der Waals surface area contributed by atoms with Crippen LogP contribution in [0.1, 0.15) is 51.5 Å². The summed E-state index contributed by atoms with van der Waals surface area (Å²) in [5, 5.41) is 5.61. The number of hydrogen-bond donors (Lipinski definition) is 2. The van der Waals surface area contributed by atoms with Crippen molar-refractivity contribution in [3.8, 4) is 0 Å². The van der Waals surface area contributed by atoms with Gasteiger partial charge >= 0.3 is 6.03 Å². The summed E-state index contributed by atoms with van der Waals surface area (Å²) in [5.41, 5.74) is 0.934. The van der Waals surface area contributed by atoms with Crippen LogP contribution < -0.4 is 10.6 Å². The highest BCUT2D eigenvalue weighted by Gasteiger charge is 2.56. The van der Waals surface area contributed by atoms with Crippen molar-refractivity contribution in [1.29, 1.82) is 0 Å². The number of carbonyl (C=O) groups is 3. The first-order valence-corrected chi connectivity index (χ1v) is 8.89. The van der Waals surface area contributed by atoms with E-state index in [9.17, 15) is 14.4 Å². The fourth-order valence-corrected chi connectivity index (χ4v) is 3.39. The highest BCUT2D eigenvalue weighted by Crippen LogP contribution is 2.42. The Kier molecular flexibility index (Phi) is 4.54. The number of hydrogen-bond acceptors (Lipinski definition) is 3. The number of nitrogens with one attached hydrogen (secondary N) is 2. The van der Waals surface area contributed by atoms with Crippen molar-refractivity contribution in [3.63, 3.8) is 0 Å². The first kappa shape index (κ1) is 17.5. The average molecular weight is 343 g/mol. The molecule has 2 N–H and O–H groups in total. The Hall–Kier alpha value is -2.37. The summed E-state index contributed by atoms with van der Waals surface area (Å²) in [5.74, 6) is -0.167. The van der Waals surface area contributed by atoms with E-state index in [1.54, 1.807) is 6.92 Å². The van der Waals surface area contributed by atoms with Crippen molar-refractivity contribution in [2.24, 2.45) is 5.92 Å². The summed E-state index contributed by atoms with van der Waals surface area (Å²) in [6.07, 6.45) is 2.83. The van der Waals surface area contributed by atoms with E-state index in [4.69, 9.17) is 0 Å². The Morgan fingerprint density at radius 3 is 2.68 bits per heavy atom. The molecule has 1 aliphatic carbocycles. The van der Waals surface area contributed by atoms with E-state index in [1.165, 1.54) is 0 Å². The summed E-state index contributed by atoms with van der Waals surface area (Å²) in [7, 11) is 0. The van der Waals surface area contributed by atoms with Gasteiger partial charge in [0.25, 0.3) is 5.91 Å². The zero-order valence-corrected chi connectivity index (χ0v) is 15.0. The zero-order valence-electron chi connectivity index (χ0n) is 15.0. The van der Waals surface area contributed by atoms with E-state index >= 15 is 0 Å². The van der Waals surface area contributed by atoms with E-state index in [0.29, 0.717) is 5.92 Å². The van der Waals surface area contributed by atoms with Crippen LogP contribution in [-0.4, -0.2) is 34.8 Å². The van der Waals surface area contributed by atoms with Gasteiger partial charge in [0.2, 0.25) is 5.91 Å². The van der Waals surface area contributed by atoms with Crippen LogP contribution in [0.4, 0.5) is 10.5 Å². The van der Waals surface area contributed by atoms with Gasteiger partial charge in [0.1, 0.15) is 12.1 Å². The molecule has 1 aliphatic heterocycles. The van der Waals surface area contributed by atoms with Gasteiger partial charge in [0, 0.05) is 5.69 Å². The number of benzene rings is 1. The number of imide groups is 1. The van der Waals surface area contributed by atoms with E-state index in [1.807, 2.05) is 24.3 Å². The number of amides is 4. The summed E-state index contributed by atoms with van der Waals surface area (Å²) >= 11 is 0. The highest BCUT2D eigenvalue weighted by molar-refractivity contribution is 6.10. The Balaban J connectivity index is 1.69. The quantitative estimate of drug-likeness (QED) is 0.780. The topological polar surface area (TPSA) is 78.5 Å². The zero-order chi connectivity index (χ0) is 18.2. The Bertz CT molecular complexity index is 714. The maximum absolute atomic E-state index is 12.6. The lowest BCUT2D eigenvalue weighted by molar-refractivity contribution is -0.134. The van der Waals surface area contributed by atoms with E-state index < -0.39 is 11.6 Å². The highest BCUT2D eigenvalue weighted by atomic mass is 16.2. The van der Waals surface area contributed by atoms with Gasteiger partial charge in [-0.3, -0.25) is 14.5 Å². The van der Waals surface area contributed by atoms with Gasteiger partial charge in [-0.05, 0) is 49.7 Å². The van der Waals surface area contributed by atoms with Crippen LogP contribution >= 0.6 is 0 Å². The predicted octanol–water partition coefficient (Wildman–Crippen LogP) is 2.86. The van der Waals surface area contributed by atoms with Crippen molar-refractivity contribution in [1.82, 2.24) is 10.2 Å². The van der Waals surface area contributed by atoms with Crippen LogP contribution in [0.2, 0.25) is 0 Å². The third-order valence-corrected chi connectivity index (χ3v) is 5.37. The molecule has 25 heavy (non-hydrogen) atoms. The summed E-state index contributed by atoms with van der Waals surface area (Å²) in [4.78, 5) is 38.2. The van der Waals surface area contributed by atoms with Gasteiger partial charge in [0.05, 0.1) is 0 Å². The van der Waals surface area contributed by atoms with Gasteiger partial charge < -0.3 is 10.6 Å². The standard InChI is InChI=1S/C19H25N3O3/c1-4-12(2)14-7-5-6-8-15(14)20-16(23)11-22-17(24)19(3,13-9-10-13)21-18(22)25/h5-8,12-13H,4,9-11H2,1-3H3,(H,20,23)(H,21,25)/t12-,19-/m0/s1. The predicted molar refractivity (Wildman–Crippen MR) is 95.2 cm³/mol. The Labute approximate surface area is 148 Å². The fraction of sp³-hybridized carbons (Fsp3) is 0.526. The minimum Gasteiger partial charge on any atom is -0.324 e. The lowest BCUT2D eigenvalue weighted by atomic mass is 9.96. The molecule has 6 heteroatoms. The van der Waals surface area contributed by atoms with Crippen LogP contribution in [0.25, 0.3) is 0 Å². The molecule has 6 nitrogen and oxygen atoms in total. The monoisotopic (exact) mass is 343 g/mol. The van der Waals surface area contributed by atoms with Crippen LogP contribution in [0.15, 0.2) is 24.3 Å². The molecule has 0 unspecified atom stereocenters. The molecule has 1 aromatic rings. The molecule has 1 aromatic carbocycles. The molecular formula is C19H25N3O3. The van der Waals surface area contributed by atoms with Gasteiger partial charge in [-0.15, -0.1) is 0 Å². The molecular weight excluding hydrogens is 318 g/mol. The SMILES string of the molecule is CC[C@H](C)c1ccccc1NC(=O)CN1C(=O)N[C@@](C)(C2CC2)C1=O. The van der Waals surface area contributed by atoms with Gasteiger partial charge in [-0.25, -0.2) is 4.79 Å². The number of urea groups is 1. The smallest absolute Gasteiger partial charge is 0.324 e. The van der Waals surface area contributed by atoms with Crippen molar-refractivity contribution in [2.75, 3.05) is 11.9 Å². The summed E-state index contributed by atoms with van der Waals surface area (Å²) < 4.78 is 0. The van der Waals surface area contributed by atoms with Crippen LogP contribution in [-0.2, 0) is 9.59 Å². The maximum atomic E-state index is 12.6. The molecule has 0 radical (unpaired) electrons. The van der Waals surface area contributed by atoms with E-state index in [0.717, 1.165) is 35.4 Å². The third kappa shape index (κ3) is 3.25. The first-order valence-electron chi connectivity index (χ1n) is 8.89. The molecule has 1 heterocycles. The second-order valence-corrected chi connectivity index (χ2v) is 7.24. The van der Waals surface area contributed by atoms with E-state index in [2.05, 4.69) is 24.5 Å². The Morgan fingerprint density at radius 2 is 2.04 bits per heavy atom. The van der Waals surface area contributed by atoms with Crippen molar-refractivity contribution >= 4 is 23.5 Å². The molecule has 1 saturated heterocycles. The minimum absolute atomic E-state index is 0.183. The molecule has 0 bridgehead atoms. The van der Waals surface area contributed by atoms with Crippen LogP contribution in [0.5, 0.6) is 0 Å². The lowest BCUT2D eigenvalue weighted by Gasteiger charge is -2.21. The third-order valence-electron chi connectivity index (χ3n) is 5.37. The molecule has 1 saturated carbocycles. The van der Waals surface area contributed by atoms with Crippen molar-refractivity contribution in [3.05, 3.63) is 29.8 Å². The number of nitrogens with zero attached hydrogens (tertiary/aromatic N) is 1. The second-order valence-electron chi connectivity index (χ2n) is 7.24. The summed E-state index contributed by atoms with van der Waals surface area (Å²) in [6, 6.07) is 7.15. The lowest BCUT2D eigenvalue weighted by Crippen LogP contribution is -2.46. The maximum Gasteiger partial charge on any atom is 0.325 e. The van der Waals surface area contributed by atoms with E-state index in [-0.39, 0.29) is 24.3 Å². The van der Waals surface area contributed by atoms with Crippen molar-refractivity contribution < 1.29 is 14.4 Å². The van der Waals surface area contributed by atoms with Gasteiger partial charge in [-0.2, -0.15) is 0 Å². The van der Waals surface area contributed by atoms with Gasteiger partial charge in [-0.1, -0.05) is 32.0 Å². The molecule has 0 spiro atoms.